The molecule has 5 rings (SSSR count). The van der Waals surface area contributed by atoms with E-state index in [2.05, 4.69) is 5.10 Å². The van der Waals surface area contributed by atoms with Gasteiger partial charge in [0.2, 0.25) is 0 Å². The fourth-order valence-electron chi connectivity index (χ4n) is 4.67. The zero-order valence-electron chi connectivity index (χ0n) is 19.2. The lowest BCUT2D eigenvalue weighted by atomic mass is 9.77. The van der Waals surface area contributed by atoms with E-state index in [9.17, 15) is 9.90 Å². The van der Waals surface area contributed by atoms with Crippen LogP contribution in [0.1, 0.15) is 43.1 Å². The Labute approximate surface area is 197 Å². The average Bonchev–Trinajstić information content (AvgIpc) is 3.14. The minimum Gasteiger partial charge on any atom is -0.493 e. The third-order valence-electron chi connectivity index (χ3n) is 6.31. The number of nitrogens with zero attached hydrogens (tertiary/aromatic N) is 3. The van der Waals surface area contributed by atoms with Gasteiger partial charge < -0.3 is 21.3 Å². The van der Waals surface area contributed by atoms with Crippen molar-refractivity contribution in [3.63, 3.8) is 0 Å². The molecule has 174 valence electrons. The zero-order valence-corrected chi connectivity index (χ0v) is 19.2. The molecule has 4 aromatic rings. The second kappa shape index (κ2) is 8.14. The van der Waals surface area contributed by atoms with Gasteiger partial charge in [-0.05, 0) is 38.8 Å². The van der Waals surface area contributed by atoms with Gasteiger partial charge in [-0.3, -0.25) is 4.79 Å². The smallest absolute Gasteiger partial charge is 0.254 e. The number of carbonyl (C=O) groups excluding carboxylic acids is 1. The number of ether oxygens (including phenoxy) is 1. The van der Waals surface area contributed by atoms with Crippen LogP contribution in [0.5, 0.6) is 5.75 Å². The lowest BCUT2D eigenvalue weighted by Crippen LogP contribution is -2.42. The van der Waals surface area contributed by atoms with E-state index in [1.54, 1.807) is 11.6 Å². The van der Waals surface area contributed by atoms with Crippen LogP contribution in [-0.2, 0) is 0 Å². The van der Waals surface area contributed by atoms with Gasteiger partial charge >= 0.3 is 0 Å². The monoisotopic (exact) mass is 457 g/mol. The molecule has 2 heterocycles. The summed E-state index contributed by atoms with van der Waals surface area (Å²) >= 11 is 0. The van der Waals surface area contributed by atoms with Gasteiger partial charge in [0, 0.05) is 22.6 Å². The maximum absolute atomic E-state index is 12.3. The summed E-state index contributed by atoms with van der Waals surface area (Å²) in [5.74, 6) is 0.296. The fraction of sp³-hybridized carbons (Fsp3) is 0.269. The highest BCUT2D eigenvalue weighted by molar-refractivity contribution is 6.04. The minimum atomic E-state index is -0.757. The fourth-order valence-corrected chi connectivity index (χ4v) is 4.67. The number of anilines is 1. The largest absolute Gasteiger partial charge is 0.493 e. The Hall–Kier alpha value is -3.91. The molecule has 0 atom stereocenters. The molecule has 0 aliphatic heterocycles. The van der Waals surface area contributed by atoms with E-state index in [4.69, 9.17) is 21.2 Å². The summed E-state index contributed by atoms with van der Waals surface area (Å²) in [6.45, 7) is 4.23. The third kappa shape index (κ3) is 3.76. The highest BCUT2D eigenvalue weighted by Gasteiger charge is 2.41. The first-order valence-electron chi connectivity index (χ1n) is 11.3. The van der Waals surface area contributed by atoms with E-state index in [1.807, 2.05) is 61.5 Å². The number of benzene rings is 2. The predicted molar refractivity (Wildman–Crippen MR) is 131 cm³/mol. The SMILES string of the molecule is CCOc1cc(-c2ccccc2)nc2cc(-c3nn(C4CC(C)(O)C4)c(N)c3C(N)=O)ccc12. The molecule has 0 radical (unpaired) electrons. The van der Waals surface area contributed by atoms with Gasteiger partial charge in [-0.2, -0.15) is 5.10 Å². The van der Waals surface area contributed by atoms with E-state index in [0.717, 1.165) is 22.4 Å². The number of aromatic nitrogens is 3. The molecule has 1 saturated carbocycles. The Morgan fingerprint density at radius 1 is 1.18 bits per heavy atom. The van der Waals surface area contributed by atoms with Gasteiger partial charge in [0.25, 0.3) is 5.91 Å². The first-order valence-corrected chi connectivity index (χ1v) is 11.3. The average molecular weight is 458 g/mol. The molecule has 8 heteroatoms. The number of aliphatic hydroxyl groups is 1. The lowest BCUT2D eigenvalue weighted by Gasteiger charge is -2.41. The predicted octanol–water partition coefficient (Wildman–Crippen LogP) is 3.93. The number of rotatable bonds is 6. The van der Waals surface area contributed by atoms with Crippen LogP contribution in [0.2, 0.25) is 0 Å². The van der Waals surface area contributed by atoms with Crippen molar-refractivity contribution in [1.29, 1.82) is 0 Å². The molecule has 0 unspecified atom stereocenters. The van der Waals surface area contributed by atoms with Crippen LogP contribution in [0.3, 0.4) is 0 Å². The summed E-state index contributed by atoms with van der Waals surface area (Å²) in [4.78, 5) is 17.2. The third-order valence-corrected chi connectivity index (χ3v) is 6.31. The summed E-state index contributed by atoms with van der Waals surface area (Å²) in [7, 11) is 0. The molecule has 0 bridgehead atoms. The number of carbonyl (C=O) groups is 1. The number of primary amides is 1. The second-order valence-electron chi connectivity index (χ2n) is 9.01. The molecule has 8 nitrogen and oxygen atoms in total. The number of fused-ring (bicyclic) bond motifs is 1. The van der Waals surface area contributed by atoms with E-state index in [1.165, 1.54) is 0 Å². The highest BCUT2D eigenvalue weighted by Crippen LogP contribution is 2.43. The molecular formula is C26H27N5O3. The molecule has 0 saturated heterocycles. The Kier molecular flexibility index (Phi) is 5.25. The molecule has 34 heavy (non-hydrogen) atoms. The highest BCUT2D eigenvalue weighted by atomic mass is 16.5. The van der Waals surface area contributed by atoms with Crippen LogP contribution in [0.15, 0.2) is 54.6 Å². The number of pyridine rings is 1. The summed E-state index contributed by atoms with van der Waals surface area (Å²) < 4.78 is 7.52. The maximum atomic E-state index is 12.3. The van der Waals surface area contributed by atoms with Gasteiger partial charge in [0.1, 0.15) is 22.8 Å². The van der Waals surface area contributed by atoms with Crippen molar-refractivity contribution in [3.8, 4) is 28.3 Å². The van der Waals surface area contributed by atoms with Gasteiger partial charge in [0.15, 0.2) is 0 Å². The summed E-state index contributed by atoms with van der Waals surface area (Å²) in [5.41, 5.74) is 15.0. The van der Waals surface area contributed by atoms with Crippen LogP contribution in [-0.4, -0.2) is 38.0 Å². The molecule has 1 aliphatic carbocycles. The molecule has 0 spiro atoms. The molecule has 1 fully saturated rings. The summed E-state index contributed by atoms with van der Waals surface area (Å²) in [5, 5.41) is 15.7. The summed E-state index contributed by atoms with van der Waals surface area (Å²) in [6.07, 6.45) is 1.02. The Balaban J connectivity index is 1.65. The Morgan fingerprint density at radius 3 is 2.56 bits per heavy atom. The van der Waals surface area contributed by atoms with Crippen molar-refractivity contribution in [3.05, 3.63) is 60.2 Å². The minimum absolute atomic E-state index is 0.0883. The number of nitrogen functional groups attached to an aromatic ring is 1. The van der Waals surface area contributed by atoms with Crippen molar-refractivity contribution in [2.75, 3.05) is 12.3 Å². The van der Waals surface area contributed by atoms with Crippen molar-refractivity contribution in [2.24, 2.45) is 5.73 Å². The number of hydrogen-bond donors (Lipinski definition) is 3. The normalized spacial score (nSPS) is 19.7. The van der Waals surface area contributed by atoms with E-state index < -0.39 is 11.5 Å². The van der Waals surface area contributed by atoms with Gasteiger partial charge in [-0.25, -0.2) is 9.67 Å². The molecule has 5 N–H and O–H groups in total. The standard InChI is InChI=1S/C26H27N5O3/c1-3-34-21-12-19(15-7-5-4-6-8-15)29-20-11-16(9-10-18(20)21)23-22(25(28)32)24(27)31(30-23)17-13-26(2,33)14-17/h4-12,17,33H,3,13-14,27H2,1-2H3,(H2,28,32). The zero-order chi connectivity index (χ0) is 24.0. The van der Waals surface area contributed by atoms with Gasteiger partial charge in [-0.1, -0.05) is 36.4 Å². The topological polar surface area (TPSA) is 129 Å². The van der Waals surface area contributed by atoms with Crippen molar-refractivity contribution >= 4 is 22.6 Å². The van der Waals surface area contributed by atoms with Crippen LogP contribution in [0.25, 0.3) is 33.4 Å². The van der Waals surface area contributed by atoms with Gasteiger partial charge in [0.05, 0.1) is 29.5 Å². The van der Waals surface area contributed by atoms with E-state index >= 15 is 0 Å². The molecule has 1 amide bonds. The first-order chi connectivity index (χ1) is 16.3. The first kappa shape index (κ1) is 21.9. The second-order valence-corrected chi connectivity index (χ2v) is 9.01. The Morgan fingerprint density at radius 2 is 1.91 bits per heavy atom. The number of amides is 1. The maximum Gasteiger partial charge on any atom is 0.254 e. The van der Waals surface area contributed by atoms with Crippen LogP contribution in [0.4, 0.5) is 5.82 Å². The van der Waals surface area contributed by atoms with Crippen LogP contribution < -0.4 is 16.2 Å². The molecule has 1 aliphatic rings. The lowest BCUT2D eigenvalue weighted by molar-refractivity contribution is -0.0535. The van der Waals surface area contributed by atoms with Crippen LogP contribution >= 0.6 is 0 Å². The number of hydrogen-bond acceptors (Lipinski definition) is 6. The molecular weight excluding hydrogens is 430 g/mol. The van der Waals surface area contributed by atoms with E-state index in [0.29, 0.717) is 36.2 Å². The number of nitrogens with two attached hydrogens (primary N) is 2. The van der Waals surface area contributed by atoms with E-state index in [-0.39, 0.29) is 17.4 Å². The summed E-state index contributed by atoms with van der Waals surface area (Å²) in [6, 6.07) is 17.4. The quantitative estimate of drug-likeness (QED) is 0.402. The van der Waals surface area contributed by atoms with Crippen molar-refractivity contribution in [1.82, 2.24) is 14.8 Å². The molecule has 2 aromatic carbocycles. The van der Waals surface area contributed by atoms with Crippen LogP contribution in [0, 0.1) is 0 Å². The Bertz CT molecular complexity index is 1390. The van der Waals surface area contributed by atoms with Gasteiger partial charge in [-0.15, -0.1) is 0 Å². The van der Waals surface area contributed by atoms with Crippen molar-refractivity contribution in [2.45, 2.75) is 38.3 Å². The van der Waals surface area contributed by atoms with Crippen molar-refractivity contribution < 1.29 is 14.6 Å². The molecule has 2 aromatic heterocycles.